The van der Waals surface area contributed by atoms with E-state index in [9.17, 15) is 9.59 Å². The molecule has 5 saturated carbocycles. The van der Waals surface area contributed by atoms with Gasteiger partial charge in [0.15, 0.2) is 0 Å². The first kappa shape index (κ1) is 31.9. The molecule has 0 aliphatic heterocycles. The van der Waals surface area contributed by atoms with Crippen molar-refractivity contribution in [3.05, 3.63) is 36.2 Å². The third kappa shape index (κ3) is 4.96. The average molecular weight is 631 g/mol. The first-order valence-electron chi connectivity index (χ1n) is 18.2. The highest BCUT2D eigenvalue weighted by Gasteiger charge is 2.67. The van der Waals surface area contributed by atoms with Gasteiger partial charge >= 0.3 is 11.9 Å². The number of nitrogens with zero attached hydrogens (tertiary/aromatic N) is 2. The first-order valence-corrected chi connectivity index (χ1v) is 18.2. The number of carbonyl (C=O) groups is 2. The minimum absolute atomic E-state index is 0.0340. The number of hydrogen-bond donors (Lipinski definition) is 0. The topological polar surface area (TPSA) is 91.5 Å². The number of esters is 2. The summed E-state index contributed by atoms with van der Waals surface area (Å²) in [5, 5.41) is 9.30. The quantitative estimate of drug-likeness (QED) is 0.283. The molecule has 0 saturated heterocycles. The second kappa shape index (κ2) is 11.8. The summed E-state index contributed by atoms with van der Waals surface area (Å²) in [5.41, 5.74) is 1.54. The van der Waals surface area contributed by atoms with E-state index in [2.05, 4.69) is 44.9 Å². The van der Waals surface area contributed by atoms with Crippen LogP contribution < -0.4 is 0 Å². The normalized spacial score (nSPS) is 39.3. The van der Waals surface area contributed by atoms with Crippen molar-refractivity contribution < 1.29 is 23.5 Å². The van der Waals surface area contributed by atoms with Crippen LogP contribution in [0.1, 0.15) is 123 Å². The maximum absolute atomic E-state index is 12.8. The van der Waals surface area contributed by atoms with Crippen LogP contribution in [-0.2, 0) is 24.5 Å². The minimum atomic E-state index is -0.273. The Morgan fingerprint density at radius 2 is 1.57 bits per heavy atom. The fourth-order valence-corrected chi connectivity index (χ4v) is 12.6. The molecule has 0 spiro atoms. The van der Waals surface area contributed by atoms with E-state index in [0.717, 1.165) is 42.6 Å². The second-order valence-corrected chi connectivity index (χ2v) is 16.7. The fraction of sp³-hybridized carbons (Fsp3) is 0.744. The number of rotatable bonds is 7. The van der Waals surface area contributed by atoms with Gasteiger partial charge in [-0.1, -0.05) is 52.3 Å². The molecule has 7 nitrogen and oxygen atoms in total. The Morgan fingerprint density at radius 3 is 2.35 bits per heavy atom. The Bertz CT molecular complexity index is 1440. The van der Waals surface area contributed by atoms with Gasteiger partial charge in [0.2, 0.25) is 11.8 Å². The Kier molecular flexibility index (Phi) is 8.16. The lowest BCUT2D eigenvalue weighted by Gasteiger charge is -2.69. The molecule has 9 atom stereocenters. The lowest BCUT2D eigenvalue weighted by Crippen LogP contribution is -2.63. The van der Waals surface area contributed by atoms with E-state index in [1.807, 2.05) is 18.2 Å². The van der Waals surface area contributed by atoms with Gasteiger partial charge in [0.1, 0.15) is 6.10 Å². The molecule has 0 amide bonds. The largest absolute Gasteiger partial charge is 0.469 e. The number of hydrogen-bond acceptors (Lipinski definition) is 7. The lowest BCUT2D eigenvalue weighted by atomic mass is 9.36. The third-order valence-electron chi connectivity index (χ3n) is 14.6. The molecular formula is C39H54N2O5. The SMILES string of the molecule is COC(=O)CCCC(=O)OC1CCC2(C)C(CCC3(C)C4CCC5(c6nnc(-c7ccccc7)o6)CCCC5C4CCC32)C1(C)C. The molecule has 5 fully saturated rings. The van der Waals surface area contributed by atoms with Crippen LogP contribution in [0.3, 0.4) is 0 Å². The summed E-state index contributed by atoms with van der Waals surface area (Å²) in [6, 6.07) is 10.2. The monoisotopic (exact) mass is 630 g/mol. The zero-order valence-electron chi connectivity index (χ0n) is 28.7. The van der Waals surface area contributed by atoms with Crippen LogP contribution in [0, 0.1) is 45.8 Å². The zero-order chi connectivity index (χ0) is 32.3. The maximum atomic E-state index is 12.8. The number of fused-ring (bicyclic) bond motifs is 7. The van der Waals surface area contributed by atoms with Crippen molar-refractivity contribution in [1.82, 2.24) is 10.2 Å². The smallest absolute Gasteiger partial charge is 0.306 e. The molecule has 1 heterocycles. The van der Waals surface area contributed by atoms with Crippen LogP contribution in [0.2, 0.25) is 0 Å². The van der Waals surface area contributed by atoms with E-state index in [1.54, 1.807) is 0 Å². The number of benzene rings is 1. The van der Waals surface area contributed by atoms with E-state index in [1.165, 1.54) is 58.5 Å². The van der Waals surface area contributed by atoms with E-state index in [-0.39, 0.29) is 47.1 Å². The van der Waals surface area contributed by atoms with Crippen LogP contribution in [0.5, 0.6) is 0 Å². The van der Waals surface area contributed by atoms with E-state index >= 15 is 0 Å². The summed E-state index contributed by atoms with van der Waals surface area (Å²) in [4.78, 5) is 24.4. The van der Waals surface area contributed by atoms with Gasteiger partial charge in [0.05, 0.1) is 12.5 Å². The summed E-state index contributed by atoms with van der Waals surface area (Å²) < 4.78 is 17.4. The minimum Gasteiger partial charge on any atom is -0.469 e. The molecular weight excluding hydrogens is 576 g/mol. The Labute approximate surface area is 275 Å². The molecule has 250 valence electrons. The molecule has 0 radical (unpaired) electrons. The van der Waals surface area contributed by atoms with Gasteiger partial charge in [0.25, 0.3) is 0 Å². The standard InChI is InChI=1S/C39H54N2O5/c1-36(2)29-19-22-37(3)27-18-24-39(35-41-40-34(46-35)25-11-7-6-8-12-25)21-10-13-28(39)26(27)16-17-30(37)38(29,4)23-20-31(36)45-33(43)15-9-14-32(42)44-5/h6-8,11-12,26-31H,9-10,13-24H2,1-5H3. The third-order valence-corrected chi connectivity index (χ3v) is 14.6. The summed E-state index contributed by atoms with van der Waals surface area (Å²) >= 11 is 0. The van der Waals surface area contributed by atoms with E-state index < -0.39 is 0 Å². The highest BCUT2D eigenvalue weighted by Crippen LogP contribution is 2.73. The van der Waals surface area contributed by atoms with Crippen LogP contribution in [0.25, 0.3) is 11.5 Å². The summed E-state index contributed by atoms with van der Waals surface area (Å²) in [6.07, 6.45) is 14.2. The average Bonchev–Trinajstić information content (AvgIpc) is 3.72. The number of aromatic nitrogens is 2. The summed E-state index contributed by atoms with van der Waals surface area (Å²) in [6.45, 7) is 9.98. The van der Waals surface area contributed by atoms with Gasteiger partial charge in [-0.3, -0.25) is 9.59 Å². The van der Waals surface area contributed by atoms with Crippen molar-refractivity contribution in [2.24, 2.45) is 45.8 Å². The van der Waals surface area contributed by atoms with Crippen molar-refractivity contribution in [1.29, 1.82) is 0 Å². The van der Waals surface area contributed by atoms with Crippen LogP contribution in [-0.4, -0.2) is 35.3 Å². The predicted octanol–water partition coefficient (Wildman–Crippen LogP) is 8.71. The Morgan fingerprint density at radius 1 is 0.804 bits per heavy atom. The lowest BCUT2D eigenvalue weighted by molar-refractivity contribution is -0.219. The predicted molar refractivity (Wildman–Crippen MR) is 175 cm³/mol. The molecule has 0 bridgehead atoms. The molecule has 9 unspecified atom stereocenters. The van der Waals surface area contributed by atoms with Gasteiger partial charge in [-0.05, 0) is 123 Å². The number of carbonyl (C=O) groups excluding carboxylic acids is 2. The molecule has 46 heavy (non-hydrogen) atoms. The van der Waals surface area contributed by atoms with Crippen LogP contribution in [0.4, 0.5) is 0 Å². The van der Waals surface area contributed by atoms with Crippen molar-refractivity contribution in [3.63, 3.8) is 0 Å². The van der Waals surface area contributed by atoms with Gasteiger partial charge in [0, 0.05) is 23.8 Å². The van der Waals surface area contributed by atoms with Crippen molar-refractivity contribution in [3.8, 4) is 11.5 Å². The van der Waals surface area contributed by atoms with Crippen LogP contribution >= 0.6 is 0 Å². The summed E-state index contributed by atoms with van der Waals surface area (Å²) in [5.74, 6) is 4.42. The van der Waals surface area contributed by atoms with Gasteiger partial charge < -0.3 is 13.9 Å². The van der Waals surface area contributed by atoms with Gasteiger partial charge in [-0.25, -0.2) is 0 Å². The van der Waals surface area contributed by atoms with Crippen LogP contribution in [0.15, 0.2) is 34.7 Å². The molecule has 0 N–H and O–H groups in total. The Balaban J connectivity index is 1.07. The zero-order valence-corrected chi connectivity index (χ0v) is 28.7. The van der Waals surface area contributed by atoms with E-state index in [0.29, 0.717) is 35.5 Å². The molecule has 1 aromatic carbocycles. The highest BCUT2D eigenvalue weighted by molar-refractivity contribution is 5.72. The van der Waals surface area contributed by atoms with Crippen molar-refractivity contribution in [2.75, 3.05) is 7.11 Å². The fourth-order valence-electron chi connectivity index (χ4n) is 12.6. The van der Waals surface area contributed by atoms with Crippen molar-refractivity contribution >= 4 is 11.9 Å². The number of ether oxygens (including phenoxy) is 2. The first-order chi connectivity index (χ1) is 22.0. The molecule has 5 aliphatic carbocycles. The molecule has 7 heteroatoms. The molecule has 5 aliphatic rings. The highest BCUT2D eigenvalue weighted by atomic mass is 16.5. The molecule has 2 aromatic rings. The number of methoxy groups -OCH3 is 1. The Hall–Kier alpha value is -2.70. The van der Waals surface area contributed by atoms with E-state index in [4.69, 9.17) is 19.0 Å². The second-order valence-electron chi connectivity index (χ2n) is 16.7. The van der Waals surface area contributed by atoms with Gasteiger partial charge in [-0.2, -0.15) is 0 Å². The van der Waals surface area contributed by atoms with Gasteiger partial charge in [-0.15, -0.1) is 10.2 Å². The molecule has 7 rings (SSSR count). The summed E-state index contributed by atoms with van der Waals surface area (Å²) in [7, 11) is 1.39. The maximum Gasteiger partial charge on any atom is 0.306 e. The van der Waals surface area contributed by atoms with Crippen molar-refractivity contribution in [2.45, 2.75) is 129 Å². The molecule has 1 aromatic heterocycles.